The van der Waals surface area contributed by atoms with E-state index in [0.29, 0.717) is 147 Å². The van der Waals surface area contributed by atoms with Gasteiger partial charge in [0.15, 0.2) is 0 Å². The molecule has 0 bridgehead atoms. The molecule has 22 aliphatic rings. The van der Waals surface area contributed by atoms with E-state index in [9.17, 15) is 49.8 Å². The molecule has 0 aromatic rings. The molecular weight excluding hydrogens is 1700 g/mol. The summed E-state index contributed by atoms with van der Waals surface area (Å²) in [5.74, 6) is 21.1. The van der Waals surface area contributed by atoms with E-state index in [1.165, 1.54) is 223 Å². The van der Waals surface area contributed by atoms with Crippen LogP contribution in [0.3, 0.4) is 0 Å². The highest BCUT2D eigenvalue weighted by molar-refractivity contribution is 9.09. The Morgan fingerprint density at radius 2 is 0.591 bits per heavy atom. The fourth-order valence-electron chi connectivity index (χ4n) is 41.1. The molecule has 2 aliphatic heterocycles. The number of aliphatic hydroxyl groups excluding tert-OH is 1. The number of rotatable bonds is 11. The van der Waals surface area contributed by atoms with Crippen molar-refractivity contribution >= 4 is 39.1 Å². The lowest BCUT2D eigenvalue weighted by Crippen LogP contribution is -2.53. The molecule has 22 fully saturated rings. The molecule has 20 aliphatic carbocycles. The van der Waals surface area contributed by atoms with E-state index in [0.717, 1.165) is 198 Å². The summed E-state index contributed by atoms with van der Waals surface area (Å²) < 4.78 is 0. The van der Waals surface area contributed by atoms with E-state index in [1.807, 2.05) is 20.8 Å². The van der Waals surface area contributed by atoms with Crippen LogP contribution >= 0.6 is 15.9 Å². The third kappa shape index (κ3) is 18.9. The molecule has 0 amide bonds. The number of aliphatic hydroxyl groups is 6. The van der Waals surface area contributed by atoms with Gasteiger partial charge in [-0.25, -0.2) is 0 Å². The van der Waals surface area contributed by atoms with Crippen LogP contribution in [-0.2, 0) is 19.2 Å². The second-order valence-corrected chi connectivity index (χ2v) is 55.4. The van der Waals surface area contributed by atoms with Crippen LogP contribution < -0.4 is 0 Å². The zero-order chi connectivity index (χ0) is 93.7. The molecule has 22 rings (SSSR count). The van der Waals surface area contributed by atoms with Crippen molar-refractivity contribution in [3.8, 4) is 0 Å². The second-order valence-electron chi connectivity index (χ2n) is 54.8. The zero-order valence-corrected chi connectivity index (χ0v) is 86.9. The van der Waals surface area contributed by atoms with Crippen LogP contribution in [0.15, 0.2) is 48.6 Å². The molecule has 20 saturated carbocycles. The molecule has 0 radical (unpaired) electrons. The molecule has 6 N–H and O–H groups in total. The Bertz CT molecular complexity index is 3970. The molecule has 0 unspecified atom stereocenters. The maximum atomic E-state index is 13.4. The predicted molar refractivity (Wildman–Crippen MR) is 536 cm³/mol. The lowest BCUT2D eigenvalue weighted by Gasteiger charge is -2.57. The third-order valence-corrected chi connectivity index (χ3v) is 48.0. The number of carbonyl (C=O) groups excluding carboxylic acids is 4. The minimum atomic E-state index is -0.649. The molecule has 0 aromatic carbocycles. The van der Waals surface area contributed by atoms with Gasteiger partial charge in [0, 0.05) is 54.8 Å². The quantitative estimate of drug-likeness (QED) is 0.0847. The van der Waals surface area contributed by atoms with Gasteiger partial charge < -0.3 is 30.6 Å². The summed E-state index contributed by atoms with van der Waals surface area (Å²) >= 11 is 3.62. The van der Waals surface area contributed by atoms with E-state index < -0.39 is 22.4 Å². The standard InChI is InChI=1S/C27H45NO.C26H43NO2.C22H33BrO2.C22H34O3.C22H34O2/c1-19(18-28-15-5-4-6-16-28)24-9-10-25-23-8-7-20-17-26(2,29)13-11-21(20)22(23)12-14-27(24,25)3;1-25(29)12-10-19-18(16-25)6-7-21-20(19)11-13-26(2)22(21)8-9-23(26)24(28)17-27-14-4-3-5-15-27;2*1-13(12-23)18-4-5-19-16-10-20(24)17-11-21(2,25)8-6-15(17)14(16)7-9-22(18,19)3;1-13(2)18-5-6-19-16-11-20(23)17-12-21(3,24)9-7-15(17)14(16)8-10-22(18,19)4/h20-25,29H,1,4-18H2,2-3H3;18-23,29H,3-17H2,1-2H3;14-19,25H,1,4-12H2,2-3H3;14-19,23,25H,1,4-12H2,2-3H3;14-19,24H,1,5-12H2,2-4H3/t20-,21-,22+,23+,24+,25-,26+,27+;18-,19-,20+,21+,22-,23+,25+,26-;3*14-,15-,16-,17+,18-,19+,21-,22-/m00111/s1. The van der Waals surface area contributed by atoms with Crippen molar-refractivity contribution in [2.45, 2.75) is 412 Å². The van der Waals surface area contributed by atoms with Gasteiger partial charge in [0.1, 0.15) is 23.1 Å². The molecule has 0 aromatic heterocycles. The maximum Gasteiger partial charge on any atom is 0.150 e. The summed E-state index contributed by atoms with van der Waals surface area (Å²) in [6, 6.07) is 0. The number of fused-ring (bicyclic) bond motifs is 25. The first kappa shape index (κ1) is 99.9. The average Bonchev–Trinajstić information content (AvgIpc) is 1.45. The minimum absolute atomic E-state index is 0.0963. The number of carbonyl (C=O) groups is 4. The SMILES string of the molecule is C=C(C)[C@H]1CC[C@H]2[C@@H]3CC(=O)[C@H]4C[C@](C)(O)CC[C@@H]4[C@H]3CC[C@]12C.C=C(CBr)[C@H]1CC[C@H]2[C@@H]3CC(=O)[C@H]4C[C@](C)(O)CC[C@@H]4[C@H]3CC[C@]12C.C=C(CN1CCCCC1)[C@H]1CC[C@H]2[C@@H]3CC[C@H]4C[C@](C)(O)CC[C@@H]4[C@H]3CC[C@]12C.C=C(CO)[C@H]1CC[C@H]2[C@@H]3CC(=O)[C@H]4C[C@](C)(O)CC[C@@H]4[C@H]3CC[C@]12C.C[C@@]1(O)CC[C@H]2[C@@H](CC[C@@H]3[C@@H]2CC[C@]2(C)[C@@H](C(=O)CN4CCCCC4)CC[C@@H]32)C1. The van der Waals surface area contributed by atoms with Crippen LogP contribution in [0.2, 0.25) is 0 Å². The Labute approximate surface area is 810 Å². The summed E-state index contributed by atoms with van der Waals surface area (Å²) in [6.07, 6.45) is 56.1. The highest BCUT2D eigenvalue weighted by Crippen LogP contribution is 2.72. The van der Waals surface area contributed by atoms with Gasteiger partial charge in [-0.2, -0.15) is 0 Å². The molecule has 13 heteroatoms. The third-order valence-electron chi connectivity index (χ3n) is 47.3. The first-order valence-corrected chi connectivity index (χ1v) is 57.7. The molecule has 12 nitrogen and oxygen atoms in total. The molecule has 40 atom stereocenters. The van der Waals surface area contributed by atoms with Crippen molar-refractivity contribution in [2.75, 3.05) is 51.2 Å². The fraction of sp³-hybridized carbons (Fsp3) is 0.899. The number of hydrogen-bond acceptors (Lipinski definition) is 12. The minimum Gasteiger partial charge on any atom is -0.392 e. The molecule has 742 valence electrons. The largest absolute Gasteiger partial charge is 0.392 e. The second kappa shape index (κ2) is 38.5. The number of hydrogen-bond donors (Lipinski definition) is 6. The van der Waals surface area contributed by atoms with Crippen LogP contribution in [0.5, 0.6) is 0 Å². The Morgan fingerprint density at radius 3 is 0.939 bits per heavy atom. The maximum absolute atomic E-state index is 13.4. The zero-order valence-electron chi connectivity index (χ0n) is 85.3. The van der Waals surface area contributed by atoms with Gasteiger partial charge >= 0.3 is 0 Å². The highest BCUT2D eigenvalue weighted by Gasteiger charge is 2.66. The lowest BCUT2D eigenvalue weighted by molar-refractivity contribution is -0.149. The lowest BCUT2D eigenvalue weighted by atomic mass is 9.48. The number of alkyl halides is 1. The highest BCUT2D eigenvalue weighted by atomic mass is 79.9. The van der Waals surface area contributed by atoms with Crippen molar-refractivity contribution in [3.05, 3.63) is 48.6 Å². The van der Waals surface area contributed by atoms with Crippen LogP contribution in [0.4, 0.5) is 0 Å². The Balaban J connectivity index is 0.000000111. The molecule has 2 heterocycles. The molecule has 0 spiro atoms. The van der Waals surface area contributed by atoms with Crippen LogP contribution in [-0.4, -0.2) is 143 Å². The molecule has 132 heavy (non-hydrogen) atoms. The van der Waals surface area contributed by atoms with Crippen molar-refractivity contribution in [1.29, 1.82) is 0 Å². The predicted octanol–water partition coefficient (Wildman–Crippen LogP) is 24.7. The van der Waals surface area contributed by atoms with E-state index in [2.05, 4.69) is 107 Å². The van der Waals surface area contributed by atoms with Gasteiger partial charge in [0.2, 0.25) is 0 Å². The monoisotopic (exact) mass is 1890 g/mol. The van der Waals surface area contributed by atoms with E-state index in [-0.39, 0.29) is 40.8 Å². The first-order valence-electron chi connectivity index (χ1n) is 56.5. The Kier molecular flexibility index (Phi) is 29.1. The normalized spacial score (nSPS) is 51.8. The summed E-state index contributed by atoms with van der Waals surface area (Å²) in [7, 11) is 0. The van der Waals surface area contributed by atoms with E-state index in [4.69, 9.17) is 0 Å². The number of piperidine rings is 2. The van der Waals surface area contributed by atoms with Crippen molar-refractivity contribution in [3.63, 3.8) is 0 Å². The van der Waals surface area contributed by atoms with Crippen LogP contribution in [0, 0.1) is 205 Å². The van der Waals surface area contributed by atoms with E-state index >= 15 is 0 Å². The average molecular weight is 1890 g/mol. The Morgan fingerprint density at radius 1 is 0.311 bits per heavy atom. The van der Waals surface area contributed by atoms with Gasteiger partial charge in [-0.15, -0.1) is 0 Å². The van der Waals surface area contributed by atoms with Gasteiger partial charge in [-0.1, -0.05) is 106 Å². The number of Topliss-reactive ketones (excluding diaryl/α,β-unsaturated/α-hetero) is 4. The first-order chi connectivity index (χ1) is 62.5. The summed E-state index contributed by atoms with van der Waals surface area (Å²) in [6.45, 7) is 48.9. The summed E-state index contributed by atoms with van der Waals surface area (Å²) in [5.41, 5.74) is 4.29. The van der Waals surface area contributed by atoms with Gasteiger partial charge in [-0.05, 0) is 530 Å². The smallest absolute Gasteiger partial charge is 0.150 e. The van der Waals surface area contributed by atoms with Gasteiger partial charge in [0.25, 0.3) is 0 Å². The van der Waals surface area contributed by atoms with Crippen molar-refractivity contribution in [1.82, 2.24) is 9.80 Å². The number of halogens is 1. The summed E-state index contributed by atoms with van der Waals surface area (Å²) in [5, 5.41) is 63.1. The van der Waals surface area contributed by atoms with Gasteiger partial charge in [0.05, 0.1) is 41.2 Å². The molecular formula is C119H189BrN2O10. The number of ketones is 4. The van der Waals surface area contributed by atoms with E-state index in [1.54, 1.807) is 5.57 Å². The van der Waals surface area contributed by atoms with Crippen molar-refractivity contribution in [2.24, 2.45) is 205 Å². The fourth-order valence-corrected chi connectivity index (χ4v) is 41.5. The van der Waals surface area contributed by atoms with Crippen molar-refractivity contribution < 1.29 is 49.8 Å². The molecule has 2 saturated heterocycles. The topological polar surface area (TPSA) is 196 Å². The number of likely N-dealkylation sites (tertiary alicyclic amines) is 2. The van der Waals surface area contributed by atoms with Gasteiger partial charge in [-0.3, -0.25) is 29.0 Å². The Hall–Kier alpha value is -2.20. The number of allylic oxidation sites excluding steroid dienone is 2. The van der Waals surface area contributed by atoms with Crippen LogP contribution in [0.25, 0.3) is 0 Å². The number of nitrogens with zero attached hydrogens (tertiary/aromatic N) is 2. The van der Waals surface area contributed by atoms with Crippen LogP contribution in [0.1, 0.15) is 384 Å². The summed E-state index contributed by atoms with van der Waals surface area (Å²) in [4.78, 5) is 57.4.